The highest BCUT2D eigenvalue weighted by Gasteiger charge is 2.17. The molecule has 0 saturated heterocycles. The summed E-state index contributed by atoms with van der Waals surface area (Å²) in [5.74, 6) is 0.0510. The molecule has 3 aromatic rings. The third-order valence-electron chi connectivity index (χ3n) is 5.67. The first-order valence-electron chi connectivity index (χ1n) is 10.1. The van der Waals surface area contributed by atoms with Gasteiger partial charge in [-0.05, 0) is 68.4 Å². The summed E-state index contributed by atoms with van der Waals surface area (Å²) in [4.78, 5) is 12.6. The van der Waals surface area contributed by atoms with Crippen LogP contribution >= 0.6 is 0 Å². The van der Waals surface area contributed by atoms with Gasteiger partial charge in [0, 0.05) is 11.3 Å². The monoisotopic (exact) mass is 373 g/mol. The van der Waals surface area contributed by atoms with Crippen LogP contribution in [0.2, 0.25) is 0 Å². The molecule has 0 aliphatic heterocycles. The fourth-order valence-corrected chi connectivity index (χ4v) is 4.13. The predicted molar refractivity (Wildman–Crippen MR) is 112 cm³/mol. The van der Waals surface area contributed by atoms with Gasteiger partial charge in [0.2, 0.25) is 5.91 Å². The van der Waals surface area contributed by atoms with Crippen molar-refractivity contribution in [3.05, 3.63) is 82.7 Å². The normalized spacial score (nSPS) is 14.4. The van der Waals surface area contributed by atoms with Crippen molar-refractivity contribution in [1.29, 1.82) is 0 Å². The van der Waals surface area contributed by atoms with E-state index in [1.165, 1.54) is 30.4 Å². The quantitative estimate of drug-likeness (QED) is 0.717. The third kappa shape index (κ3) is 3.86. The number of aryl methyl sites for hydroxylation is 2. The number of hydrogen-bond donors (Lipinski definition) is 1. The molecule has 1 amide bonds. The first-order chi connectivity index (χ1) is 13.6. The number of carbonyl (C=O) groups excluding carboxylic acids is 1. The number of carbonyl (C=O) groups is 1. The summed E-state index contributed by atoms with van der Waals surface area (Å²) in [6.45, 7) is 4.06. The second-order valence-electron chi connectivity index (χ2n) is 7.71. The summed E-state index contributed by atoms with van der Waals surface area (Å²) in [7, 11) is 0. The van der Waals surface area contributed by atoms with Crippen molar-refractivity contribution in [2.24, 2.45) is 0 Å². The van der Waals surface area contributed by atoms with Crippen molar-refractivity contribution < 1.29 is 4.79 Å². The van der Waals surface area contributed by atoms with Crippen LogP contribution in [0.25, 0.3) is 5.69 Å². The van der Waals surface area contributed by atoms with Gasteiger partial charge in [-0.1, -0.05) is 36.4 Å². The largest absolute Gasteiger partial charge is 0.349 e. The van der Waals surface area contributed by atoms with Crippen LogP contribution in [0.1, 0.15) is 53.8 Å². The van der Waals surface area contributed by atoms with Gasteiger partial charge in [0.05, 0.1) is 24.3 Å². The van der Waals surface area contributed by atoms with Crippen LogP contribution in [0.3, 0.4) is 0 Å². The fraction of sp³-hybridized carbons (Fsp3) is 0.333. The third-order valence-corrected chi connectivity index (χ3v) is 5.67. The lowest BCUT2D eigenvalue weighted by molar-refractivity contribution is -0.121. The molecule has 0 spiro atoms. The number of hydrogen-bond acceptors (Lipinski definition) is 2. The number of rotatable bonds is 5. The first-order valence-corrected chi connectivity index (χ1v) is 10.1. The van der Waals surface area contributed by atoms with Gasteiger partial charge >= 0.3 is 0 Å². The van der Waals surface area contributed by atoms with Gasteiger partial charge in [-0.25, -0.2) is 4.68 Å². The van der Waals surface area contributed by atoms with Crippen LogP contribution < -0.4 is 5.32 Å². The molecule has 144 valence electrons. The van der Waals surface area contributed by atoms with Crippen molar-refractivity contribution in [2.75, 3.05) is 0 Å². The molecule has 1 aliphatic rings. The molecule has 0 radical (unpaired) electrons. The number of amides is 1. The van der Waals surface area contributed by atoms with Crippen LogP contribution in [-0.4, -0.2) is 15.7 Å². The van der Waals surface area contributed by atoms with E-state index in [-0.39, 0.29) is 11.9 Å². The lowest BCUT2D eigenvalue weighted by Gasteiger charge is -2.17. The molecule has 1 aromatic heterocycles. The molecule has 0 bridgehead atoms. The highest BCUT2D eigenvalue weighted by Crippen LogP contribution is 2.23. The Morgan fingerprint density at radius 3 is 2.64 bits per heavy atom. The minimum Gasteiger partial charge on any atom is -0.349 e. The summed E-state index contributed by atoms with van der Waals surface area (Å²) >= 11 is 0. The Hall–Kier alpha value is -2.88. The lowest BCUT2D eigenvalue weighted by Crippen LogP contribution is -2.28. The number of nitrogens with one attached hydrogen (secondary N) is 1. The van der Waals surface area contributed by atoms with Gasteiger partial charge in [-0.3, -0.25) is 4.79 Å². The van der Waals surface area contributed by atoms with Crippen molar-refractivity contribution in [2.45, 2.75) is 52.0 Å². The molecule has 4 rings (SSSR count). The van der Waals surface area contributed by atoms with Gasteiger partial charge in [0.15, 0.2) is 0 Å². The van der Waals surface area contributed by atoms with E-state index in [0.29, 0.717) is 6.42 Å². The number of fused-ring (bicyclic) bond motifs is 1. The van der Waals surface area contributed by atoms with Gasteiger partial charge in [-0.15, -0.1) is 0 Å². The SMILES string of the molecule is Cc1c(C(C)NC(=O)Cc2ccc3c(c2)CCCC3)cnn1-c1ccccc1. The van der Waals surface area contributed by atoms with E-state index >= 15 is 0 Å². The summed E-state index contributed by atoms with van der Waals surface area (Å²) in [6, 6.07) is 16.5. The molecule has 1 N–H and O–H groups in total. The smallest absolute Gasteiger partial charge is 0.224 e. The van der Waals surface area contributed by atoms with Crippen LogP contribution in [0.4, 0.5) is 0 Å². The maximum atomic E-state index is 12.6. The minimum absolute atomic E-state index is 0.0510. The second-order valence-corrected chi connectivity index (χ2v) is 7.71. The maximum Gasteiger partial charge on any atom is 0.224 e. The minimum atomic E-state index is -0.0809. The maximum absolute atomic E-state index is 12.6. The van der Waals surface area contributed by atoms with Gasteiger partial charge < -0.3 is 5.32 Å². The zero-order valence-electron chi connectivity index (χ0n) is 16.6. The van der Waals surface area contributed by atoms with E-state index in [1.54, 1.807) is 0 Å². The molecule has 4 nitrogen and oxygen atoms in total. The number of benzene rings is 2. The Labute approximate surface area is 166 Å². The zero-order valence-corrected chi connectivity index (χ0v) is 16.6. The summed E-state index contributed by atoms with van der Waals surface area (Å²) in [6.07, 6.45) is 7.11. The Kier molecular flexibility index (Phi) is 5.29. The van der Waals surface area contributed by atoms with E-state index in [9.17, 15) is 4.79 Å². The molecule has 1 atom stereocenters. The molecule has 1 unspecified atom stereocenters. The molecule has 28 heavy (non-hydrogen) atoms. The number of para-hydroxylation sites is 1. The molecule has 4 heteroatoms. The standard InChI is InChI=1S/C24H27N3O/c1-17(23-16-25-27(18(23)2)22-10-4-3-5-11-22)26-24(28)15-19-12-13-20-8-6-7-9-21(20)14-19/h3-5,10-14,16-17H,6-9,15H2,1-2H3,(H,26,28). The average Bonchev–Trinajstić information content (AvgIpc) is 3.10. The van der Waals surface area contributed by atoms with Gasteiger partial charge in [-0.2, -0.15) is 5.10 Å². The van der Waals surface area contributed by atoms with Crippen LogP contribution in [0, 0.1) is 6.92 Å². The predicted octanol–water partition coefficient (Wildman–Crippen LogP) is 4.48. The molecule has 1 heterocycles. The molecule has 2 aromatic carbocycles. The molecule has 0 fully saturated rings. The molecule has 0 saturated carbocycles. The second kappa shape index (κ2) is 8.01. The molecular weight excluding hydrogens is 346 g/mol. The highest BCUT2D eigenvalue weighted by atomic mass is 16.1. The van der Waals surface area contributed by atoms with Crippen LogP contribution in [-0.2, 0) is 24.1 Å². The van der Waals surface area contributed by atoms with E-state index in [4.69, 9.17) is 0 Å². The van der Waals surface area contributed by atoms with Crippen LogP contribution in [0.15, 0.2) is 54.7 Å². The van der Waals surface area contributed by atoms with Crippen molar-refractivity contribution in [1.82, 2.24) is 15.1 Å². The van der Waals surface area contributed by atoms with Crippen molar-refractivity contribution in [3.8, 4) is 5.69 Å². The molecule has 1 aliphatic carbocycles. The van der Waals surface area contributed by atoms with E-state index in [0.717, 1.165) is 28.9 Å². The van der Waals surface area contributed by atoms with Gasteiger partial charge in [0.25, 0.3) is 0 Å². The first kappa shape index (κ1) is 18.5. The Morgan fingerprint density at radius 1 is 1.11 bits per heavy atom. The van der Waals surface area contributed by atoms with Gasteiger partial charge in [0.1, 0.15) is 0 Å². The van der Waals surface area contributed by atoms with E-state index < -0.39 is 0 Å². The summed E-state index contributed by atoms with van der Waals surface area (Å²) in [5, 5.41) is 7.65. The van der Waals surface area contributed by atoms with Crippen LogP contribution in [0.5, 0.6) is 0 Å². The Morgan fingerprint density at radius 2 is 1.86 bits per heavy atom. The van der Waals surface area contributed by atoms with E-state index in [2.05, 4.69) is 28.6 Å². The lowest BCUT2D eigenvalue weighted by atomic mass is 9.90. The number of aromatic nitrogens is 2. The van der Waals surface area contributed by atoms with Crippen molar-refractivity contribution in [3.63, 3.8) is 0 Å². The van der Waals surface area contributed by atoms with Crippen molar-refractivity contribution >= 4 is 5.91 Å². The van der Waals surface area contributed by atoms with E-state index in [1.807, 2.05) is 55.1 Å². The highest BCUT2D eigenvalue weighted by molar-refractivity contribution is 5.79. The molecular formula is C24H27N3O. The summed E-state index contributed by atoms with van der Waals surface area (Å²) in [5.41, 5.74) is 7.09. The summed E-state index contributed by atoms with van der Waals surface area (Å²) < 4.78 is 1.92. The topological polar surface area (TPSA) is 46.9 Å². The fourth-order valence-electron chi connectivity index (χ4n) is 4.13. The number of nitrogens with zero attached hydrogens (tertiary/aromatic N) is 2. The zero-order chi connectivity index (χ0) is 19.5. The average molecular weight is 374 g/mol. The Balaban J connectivity index is 1.43. The Bertz CT molecular complexity index is 975.